The molecule has 1 aromatic carbocycles. The van der Waals surface area contributed by atoms with Gasteiger partial charge in [0.15, 0.2) is 0 Å². The van der Waals surface area contributed by atoms with Crippen molar-refractivity contribution < 1.29 is 13.5 Å². The topological polar surface area (TPSA) is 66.4 Å². The Labute approximate surface area is 96.5 Å². The van der Waals surface area contributed by atoms with Crippen molar-refractivity contribution in [2.24, 2.45) is 0 Å². The zero-order valence-corrected chi connectivity index (χ0v) is 10.2. The van der Waals surface area contributed by atoms with Gasteiger partial charge in [-0.3, -0.25) is 0 Å². The minimum atomic E-state index is -3.45. The first-order valence-electron chi connectivity index (χ1n) is 3.92. The maximum Gasteiger partial charge on any atom is 0.240 e. The fourth-order valence-corrected chi connectivity index (χ4v) is 2.26. The second-order valence-electron chi connectivity index (χ2n) is 2.58. The Balaban J connectivity index is 2.87. The zero-order valence-electron chi connectivity index (χ0n) is 7.27. The molecule has 0 fully saturated rings. The van der Waals surface area contributed by atoms with Gasteiger partial charge in [-0.05, 0) is 46.9 Å². The second kappa shape index (κ2) is 5.06. The highest BCUT2D eigenvalue weighted by Gasteiger charge is 2.11. The van der Waals surface area contributed by atoms with Crippen molar-refractivity contribution in [3.05, 3.63) is 27.8 Å². The van der Waals surface area contributed by atoms with Crippen LogP contribution < -0.4 is 4.72 Å². The summed E-state index contributed by atoms with van der Waals surface area (Å²) < 4.78 is 26.2. The third-order valence-electron chi connectivity index (χ3n) is 1.53. The molecule has 2 N–H and O–H groups in total. The molecule has 78 valence electrons. The summed E-state index contributed by atoms with van der Waals surface area (Å²) in [6, 6.07) is 6.49. The molecule has 1 rings (SSSR count). The van der Waals surface area contributed by atoms with Crippen LogP contribution in [0, 0.1) is 3.57 Å². The Hall–Kier alpha value is -0.180. The monoisotopic (exact) mass is 327 g/mol. The smallest absolute Gasteiger partial charge is 0.240 e. The number of benzene rings is 1. The molecule has 0 saturated heterocycles. The highest BCUT2D eigenvalue weighted by Crippen LogP contribution is 2.11. The van der Waals surface area contributed by atoms with Crippen molar-refractivity contribution in [2.75, 3.05) is 13.2 Å². The van der Waals surface area contributed by atoms with Crippen molar-refractivity contribution in [1.82, 2.24) is 4.72 Å². The van der Waals surface area contributed by atoms with E-state index >= 15 is 0 Å². The summed E-state index contributed by atoms with van der Waals surface area (Å²) in [7, 11) is -3.45. The third kappa shape index (κ3) is 3.19. The molecule has 0 aliphatic heterocycles. The van der Waals surface area contributed by atoms with E-state index < -0.39 is 10.0 Å². The summed E-state index contributed by atoms with van der Waals surface area (Å²) >= 11 is 2.10. The van der Waals surface area contributed by atoms with Gasteiger partial charge < -0.3 is 5.11 Å². The molecule has 14 heavy (non-hydrogen) atoms. The summed E-state index contributed by atoms with van der Waals surface area (Å²) in [5.41, 5.74) is 0. The third-order valence-corrected chi connectivity index (χ3v) is 3.72. The molecular formula is C8H10INO3S. The van der Waals surface area contributed by atoms with E-state index in [4.69, 9.17) is 5.11 Å². The van der Waals surface area contributed by atoms with Crippen LogP contribution in [0.1, 0.15) is 0 Å². The molecule has 0 amide bonds. The minimum absolute atomic E-state index is 0.0360. The van der Waals surface area contributed by atoms with Crippen LogP contribution >= 0.6 is 22.6 Å². The van der Waals surface area contributed by atoms with Gasteiger partial charge in [-0.15, -0.1) is 0 Å². The van der Waals surface area contributed by atoms with Gasteiger partial charge in [-0.25, -0.2) is 13.1 Å². The lowest BCUT2D eigenvalue weighted by Crippen LogP contribution is -2.26. The number of sulfonamides is 1. The van der Waals surface area contributed by atoms with E-state index in [0.717, 1.165) is 3.57 Å². The largest absolute Gasteiger partial charge is 0.395 e. The van der Waals surface area contributed by atoms with Crippen molar-refractivity contribution in [3.63, 3.8) is 0 Å². The van der Waals surface area contributed by atoms with Gasteiger partial charge in [-0.1, -0.05) is 0 Å². The number of aliphatic hydroxyl groups is 1. The van der Waals surface area contributed by atoms with Crippen molar-refractivity contribution in [3.8, 4) is 0 Å². The van der Waals surface area contributed by atoms with Gasteiger partial charge in [0.1, 0.15) is 0 Å². The quantitative estimate of drug-likeness (QED) is 0.795. The predicted octanol–water partition coefficient (Wildman–Crippen LogP) is 0.562. The Kier molecular flexibility index (Phi) is 4.30. The van der Waals surface area contributed by atoms with Crippen molar-refractivity contribution in [1.29, 1.82) is 0 Å². The zero-order chi connectivity index (χ0) is 10.6. The van der Waals surface area contributed by atoms with Gasteiger partial charge >= 0.3 is 0 Å². The first-order valence-corrected chi connectivity index (χ1v) is 6.48. The Morgan fingerprint density at radius 3 is 2.36 bits per heavy atom. The number of aliphatic hydroxyl groups excluding tert-OH is 1. The lowest BCUT2D eigenvalue weighted by molar-refractivity contribution is 0.301. The normalized spacial score (nSPS) is 11.6. The lowest BCUT2D eigenvalue weighted by Gasteiger charge is -2.04. The fraction of sp³-hybridized carbons (Fsp3) is 0.250. The van der Waals surface area contributed by atoms with Crippen LogP contribution in [0.25, 0.3) is 0 Å². The van der Waals surface area contributed by atoms with Gasteiger partial charge in [0.2, 0.25) is 10.0 Å². The van der Waals surface area contributed by atoms with Gasteiger partial charge in [-0.2, -0.15) is 0 Å². The van der Waals surface area contributed by atoms with E-state index in [1.165, 1.54) is 12.1 Å². The standard InChI is InChI=1S/C8H10INO3S/c9-7-1-3-8(4-2-7)14(12,13)10-5-6-11/h1-4,10-11H,5-6H2. The van der Waals surface area contributed by atoms with E-state index in [1.54, 1.807) is 12.1 Å². The number of rotatable bonds is 4. The number of halogens is 1. The summed E-state index contributed by atoms with van der Waals surface area (Å²) in [6.45, 7) is -0.169. The molecule has 0 aliphatic carbocycles. The molecule has 4 nitrogen and oxygen atoms in total. The summed E-state index contributed by atoms with van der Waals surface area (Å²) in [5, 5.41) is 8.49. The predicted molar refractivity (Wildman–Crippen MR) is 61.4 cm³/mol. The van der Waals surface area contributed by atoms with E-state index in [9.17, 15) is 8.42 Å². The Morgan fingerprint density at radius 2 is 1.86 bits per heavy atom. The molecule has 0 radical (unpaired) electrons. The van der Waals surface area contributed by atoms with Crippen LogP contribution in [0.5, 0.6) is 0 Å². The van der Waals surface area contributed by atoms with Crippen molar-refractivity contribution >= 4 is 32.6 Å². The molecular weight excluding hydrogens is 317 g/mol. The summed E-state index contributed by atoms with van der Waals surface area (Å²) in [6.07, 6.45) is 0. The van der Waals surface area contributed by atoms with Crippen LogP contribution in [0.2, 0.25) is 0 Å². The first-order chi connectivity index (χ1) is 6.56. The first kappa shape index (κ1) is 11.9. The van der Waals surface area contributed by atoms with Gasteiger partial charge in [0, 0.05) is 10.1 Å². The SMILES string of the molecule is O=S(=O)(NCCO)c1ccc(I)cc1. The highest BCUT2D eigenvalue weighted by molar-refractivity contribution is 14.1. The molecule has 0 heterocycles. The Bertz CT molecular complexity index is 388. The van der Waals surface area contributed by atoms with E-state index in [0.29, 0.717) is 0 Å². The fourth-order valence-electron chi connectivity index (χ4n) is 0.877. The molecule has 0 aliphatic rings. The van der Waals surface area contributed by atoms with E-state index in [-0.39, 0.29) is 18.0 Å². The van der Waals surface area contributed by atoms with Gasteiger partial charge in [0.25, 0.3) is 0 Å². The van der Waals surface area contributed by atoms with Crippen LogP contribution in [-0.4, -0.2) is 26.7 Å². The molecule has 6 heteroatoms. The van der Waals surface area contributed by atoms with E-state index in [1.807, 2.05) is 0 Å². The second-order valence-corrected chi connectivity index (χ2v) is 5.59. The van der Waals surface area contributed by atoms with Crippen LogP contribution in [0.3, 0.4) is 0 Å². The minimum Gasteiger partial charge on any atom is -0.395 e. The molecule has 0 saturated carbocycles. The lowest BCUT2D eigenvalue weighted by atomic mass is 10.4. The van der Waals surface area contributed by atoms with Crippen LogP contribution in [0.4, 0.5) is 0 Å². The number of hydrogen-bond donors (Lipinski definition) is 2. The average Bonchev–Trinajstić information content (AvgIpc) is 2.16. The summed E-state index contributed by atoms with van der Waals surface area (Å²) in [5.74, 6) is 0. The number of hydrogen-bond acceptors (Lipinski definition) is 3. The van der Waals surface area contributed by atoms with Gasteiger partial charge in [0.05, 0.1) is 11.5 Å². The maximum absolute atomic E-state index is 11.5. The summed E-state index contributed by atoms with van der Waals surface area (Å²) in [4.78, 5) is 0.214. The highest BCUT2D eigenvalue weighted by atomic mass is 127. The van der Waals surface area contributed by atoms with Crippen LogP contribution in [0.15, 0.2) is 29.2 Å². The molecule has 0 unspecified atom stereocenters. The van der Waals surface area contributed by atoms with E-state index in [2.05, 4.69) is 27.3 Å². The van der Waals surface area contributed by atoms with Crippen molar-refractivity contribution in [2.45, 2.75) is 4.90 Å². The Morgan fingerprint density at radius 1 is 1.29 bits per heavy atom. The number of nitrogens with one attached hydrogen (secondary N) is 1. The molecule has 0 bridgehead atoms. The molecule has 0 spiro atoms. The van der Waals surface area contributed by atoms with Crippen LogP contribution in [-0.2, 0) is 10.0 Å². The molecule has 1 aromatic rings. The molecule has 0 atom stereocenters. The average molecular weight is 327 g/mol. The maximum atomic E-state index is 11.5. The molecule has 0 aromatic heterocycles.